The Kier molecular flexibility index (Phi) is 15.4. The Bertz CT molecular complexity index is 6010. The van der Waals surface area contributed by atoms with E-state index in [1.807, 2.05) is 12.3 Å². The van der Waals surface area contributed by atoms with E-state index in [0.717, 1.165) is 93.9 Å². The number of benzene rings is 13. The van der Waals surface area contributed by atoms with Gasteiger partial charge in [0.1, 0.15) is 5.82 Å². The summed E-state index contributed by atoms with van der Waals surface area (Å²) in [5, 5.41) is 11.4. The van der Waals surface area contributed by atoms with Gasteiger partial charge in [-0.25, -0.2) is 4.98 Å². The zero-order valence-corrected chi connectivity index (χ0v) is 60.9. The third-order valence-corrected chi connectivity index (χ3v) is 30.4. The molecule has 0 N–H and O–H groups in total. The molecular weight excluding hydrogens is 1460 g/mol. The van der Waals surface area contributed by atoms with E-state index in [1.165, 1.54) is 55.8 Å². The minimum Gasteiger partial charge on any atom is 0 e. The normalized spacial score (nSPS) is 12.5. The molecule has 5 heterocycles. The molecule has 0 aliphatic carbocycles. The molecule has 0 saturated carbocycles. The molecule has 0 spiro atoms. The Morgan fingerprint density at radius 3 is 1.45 bits per heavy atom. The van der Waals surface area contributed by atoms with Crippen LogP contribution < -0.4 is 27.2 Å². The quantitative estimate of drug-likeness (QED) is 0.101. The molecule has 0 radical (unpaired) electrons. The van der Waals surface area contributed by atoms with E-state index in [1.54, 1.807) is 0 Å². The first-order valence-corrected chi connectivity index (χ1v) is 38.4. The maximum Gasteiger partial charge on any atom is 0 e. The molecule has 4 aromatic heterocycles. The summed E-state index contributed by atoms with van der Waals surface area (Å²) in [6.45, 7) is 16.1. The summed E-state index contributed by atoms with van der Waals surface area (Å²) in [7, 11) is 0. The first-order valence-electron chi connectivity index (χ1n) is 34.3. The number of aromatic nitrogens is 4. The van der Waals surface area contributed by atoms with Crippen LogP contribution in [0.15, 0.2) is 310 Å². The molecule has 1 aliphatic heterocycles. The van der Waals surface area contributed by atoms with Crippen molar-refractivity contribution in [2.24, 2.45) is 0 Å². The van der Waals surface area contributed by atoms with Crippen LogP contribution in [0.1, 0.15) is 52.7 Å². The van der Waals surface area contributed by atoms with Gasteiger partial charge in [-0.1, -0.05) is 86.3 Å². The molecule has 6 nitrogen and oxygen atoms in total. The Labute approximate surface area is 600 Å². The second kappa shape index (κ2) is 24.5. The Morgan fingerprint density at radius 2 is 0.870 bits per heavy atom. The van der Waals surface area contributed by atoms with E-state index in [0.29, 0.717) is 11.5 Å². The second-order valence-corrected chi connectivity index (χ2v) is 36.3. The van der Waals surface area contributed by atoms with Crippen molar-refractivity contribution < 1.29 is 25.8 Å². The van der Waals surface area contributed by atoms with Crippen molar-refractivity contribution in [1.82, 2.24) is 18.7 Å². The van der Waals surface area contributed by atoms with Crippen LogP contribution in [0.5, 0.6) is 11.5 Å². The molecule has 1 aliphatic rings. The zero-order valence-electron chi connectivity index (χ0n) is 56.5. The number of pyridine rings is 1. The van der Waals surface area contributed by atoms with E-state index in [4.69, 9.17) is 9.72 Å². The number of hydrogen-bond acceptors (Lipinski definition) is 3. The van der Waals surface area contributed by atoms with E-state index in [-0.39, 0.29) is 31.9 Å². The van der Waals surface area contributed by atoms with Gasteiger partial charge in [0.2, 0.25) is 0 Å². The largest absolute Gasteiger partial charge is 0 e. The van der Waals surface area contributed by atoms with Crippen LogP contribution >= 0.6 is 0 Å². The Morgan fingerprint density at radius 1 is 0.380 bits per heavy atom. The Balaban J connectivity index is 0.00000748. The smallest absolute Gasteiger partial charge is 0 e. The number of para-hydroxylation sites is 5. The van der Waals surface area contributed by atoms with Crippen LogP contribution in [0.25, 0.3) is 110 Å². The summed E-state index contributed by atoms with van der Waals surface area (Å²) < 4.78 is 20.0. The monoisotopic (exact) mass is 1530 g/mol. The third-order valence-electron chi connectivity index (χ3n) is 20.4. The van der Waals surface area contributed by atoms with Crippen LogP contribution in [-0.2, 0) is 31.9 Å². The molecule has 0 atom stereocenters. The van der Waals surface area contributed by atoms with Gasteiger partial charge in [-0.2, -0.15) is 0 Å². The second-order valence-electron chi connectivity index (χ2n) is 28.3. The molecule has 18 rings (SSSR count). The summed E-state index contributed by atoms with van der Waals surface area (Å²) in [6, 6.07) is 120. The maximum absolute atomic E-state index is 7.33. The molecule has 100 heavy (non-hydrogen) atoms. The molecule has 17 aromatic rings. The van der Waals surface area contributed by atoms with Crippen molar-refractivity contribution in [1.29, 1.82) is 0 Å². The van der Waals surface area contributed by atoms with Gasteiger partial charge < -0.3 is 9.13 Å². The fraction of sp³-hybridized carbons (Fsp3) is 0.0870. The van der Waals surface area contributed by atoms with Crippen LogP contribution in [0.2, 0.25) is 0 Å². The van der Waals surface area contributed by atoms with Gasteiger partial charge >= 0.3 is 373 Å². The summed E-state index contributed by atoms with van der Waals surface area (Å²) in [4.78, 5) is 7.42. The van der Waals surface area contributed by atoms with E-state index in [2.05, 4.69) is 376 Å². The van der Waals surface area contributed by atoms with E-state index >= 15 is 0 Å². The molecule has 0 fully saturated rings. The average Bonchev–Trinajstić information content (AvgIpc) is 1.44. The SMILES string of the molecule is CC(C)(C)c1cc(-c2cccc3c4ccccc4c4ccccc4c4cccc5c4n(c23)[CH-]N5c2[c-]c(Oc3[c-]c4c(c(-n5c6ccccc6c6ccccc65)c3)c3ccccc3n4-c3cc(C(C)(C)C)ccn3)ccc2)c[c]([Ge]([c]2ccccc2)([c]2ccccc2)[c]2ccccc2)c1.[Pt]. The standard InChI is InChI=1S/C92H70GeN5O.Pt/c1-91(2,3)62-51-52-94-87(56-62)98-83-49-25-22-43-80(83)88-85(97-81-47-23-20-41-76(81)77-42-21-24-48-82(77)97)58-70(59-86(88)98)99-69-36-26-35-68(57-69)95-60-96-89-71(44-27-45-78(89)74-39-18-16-37-72(74)73-38-17-19-40-75(73)79-46-28-50-84(95)90(79)96)61-53-63(92(4,5)6)55-67(54-61)93(64-29-10-7-11-30-64,65-31-12-8-13-32-65)66-33-14-9-15-34-66;/h7-56,58,60H,1-6H3;/q-3;. The van der Waals surface area contributed by atoms with Crippen LogP contribution in [0.4, 0.5) is 11.4 Å². The molecule has 0 bridgehead atoms. The van der Waals surface area contributed by atoms with Crippen LogP contribution in [0, 0.1) is 18.8 Å². The van der Waals surface area contributed by atoms with Crippen molar-refractivity contribution in [3.05, 3.63) is 339 Å². The summed E-state index contributed by atoms with van der Waals surface area (Å²) in [5.41, 5.74) is 13.5. The van der Waals surface area contributed by atoms with Gasteiger partial charge in [0.05, 0.1) is 11.0 Å². The van der Waals surface area contributed by atoms with Crippen molar-refractivity contribution in [2.45, 2.75) is 52.4 Å². The number of anilines is 2. The number of hydrogen-bond donors (Lipinski definition) is 0. The third kappa shape index (κ3) is 10.2. The van der Waals surface area contributed by atoms with E-state index < -0.39 is 13.3 Å². The van der Waals surface area contributed by atoms with E-state index in [9.17, 15) is 0 Å². The molecule has 13 aromatic carbocycles. The predicted octanol–water partition coefficient (Wildman–Crippen LogP) is 21.0. The number of rotatable bonds is 10. The van der Waals surface area contributed by atoms with Crippen LogP contribution in [0.3, 0.4) is 0 Å². The minimum absolute atomic E-state index is 0. The Hall–Kier alpha value is -10.9. The number of fused-ring (bicyclic) bond motifs is 13. The van der Waals surface area contributed by atoms with Gasteiger partial charge in [0.25, 0.3) is 0 Å². The van der Waals surface area contributed by atoms with Crippen molar-refractivity contribution in [3.8, 4) is 34.1 Å². The fourth-order valence-corrected chi connectivity index (χ4v) is 25.9. The van der Waals surface area contributed by atoms with Gasteiger partial charge in [0, 0.05) is 49.3 Å². The van der Waals surface area contributed by atoms with Crippen LogP contribution in [-0.4, -0.2) is 32.0 Å². The molecule has 8 heteroatoms. The molecule has 0 unspecified atom stereocenters. The maximum atomic E-state index is 7.33. The molecule has 486 valence electrons. The molecule has 0 amide bonds. The van der Waals surface area contributed by atoms with Gasteiger partial charge in [-0.3, -0.25) is 0 Å². The first kappa shape index (κ1) is 62.6. The summed E-state index contributed by atoms with van der Waals surface area (Å²) >= 11 is -3.86. The van der Waals surface area contributed by atoms with Crippen molar-refractivity contribution in [3.63, 3.8) is 0 Å². The van der Waals surface area contributed by atoms with Gasteiger partial charge in [-0.05, 0) is 52.4 Å². The van der Waals surface area contributed by atoms with Gasteiger partial charge in [0.15, 0.2) is 0 Å². The molecule has 0 saturated heterocycles. The number of nitrogens with zero attached hydrogens (tertiary/aromatic N) is 5. The number of ether oxygens (including phenoxy) is 1. The first-order chi connectivity index (χ1) is 48.4. The minimum atomic E-state index is -3.86. The predicted molar refractivity (Wildman–Crippen MR) is 417 cm³/mol. The van der Waals surface area contributed by atoms with Crippen molar-refractivity contribution >= 4 is 129 Å². The zero-order chi connectivity index (χ0) is 66.7. The topological polar surface area (TPSA) is 40.1 Å². The summed E-state index contributed by atoms with van der Waals surface area (Å²) in [6.07, 6.45) is 1.93. The van der Waals surface area contributed by atoms with Crippen molar-refractivity contribution in [2.75, 3.05) is 4.90 Å². The van der Waals surface area contributed by atoms with Gasteiger partial charge in [-0.15, -0.1) is 12.1 Å². The molecular formula is C92H70GeN5OPt-3. The average molecular weight is 1530 g/mol. The fourth-order valence-electron chi connectivity index (χ4n) is 15.8. The summed E-state index contributed by atoms with van der Waals surface area (Å²) in [5.74, 6) is 1.91.